The molecule has 3 aromatic carbocycles. The van der Waals surface area contributed by atoms with Crippen molar-refractivity contribution in [1.29, 1.82) is 0 Å². The van der Waals surface area contributed by atoms with E-state index in [9.17, 15) is 21.6 Å². The summed E-state index contributed by atoms with van der Waals surface area (Å²) in [5.41, 5.74) is 0.640. The first kappa shape index (κ1) is 24.3. The van der Waals surface area contributed by atoms with Gasteiger partial charge in [0.2, 0.25) is 0 Å². The van der Waals surface area contributed by atoms with Gasteiger partial charge in [0.15, 0.2) is 0 Å². The van der Waals surface area contributed by atoms with Crippen LogP contribution in [0.2, 0.25) is 0 Å². The zero-order valence-corrected chi connectivity index (χ0v) is 18.5. The molecule has 0 aliphatic rings. The number of nitrogens with one attached hydrogen (secondary N) is 1. The van der Waals surface area contributed by atoms with Crippen molar-refractivity contribution in [1.82, 2.24) is 4.98 Å². The number of hydrogen-bond donors (Lipinski definition) is 1. The zero-order valence-electron chi connectivity index (χ0n) is 16.9. The molecule has 1 N–H and O–H groups in total. The summed E-state index contributed by atoms with van der Waals surface area (Å²) in [6, 6.07) is 21.1. The maximum absolute atomic E-state index is 12.9. The molecule has 0 unspecified atom stereocenters. The Labute approximate surface area is 194 Å². The molecule has 1 heterocycles. The Morgan fingerprint density at radius 1 is 0.879 bits per heavy atom. The van der Waals surface area contributed by atoms with Crippen molar-refractivity contribution in [3.63, 3.8) is 0 Å². The van der Waals surface area contributed by atoms with Gasteiger partial charge in [-0.15, -0.1) is 12.4 Å². The second kappa shape index (κ2) is 9.68. The summed E-state index contributed by atoms with van der Waals surface area (Å²) in [6.45, 7) is 0.161. The first-order valence-electron chi connectivity index (χ1n) is 9.48. The van der Waals surface area contributed by atoms with Crippen molar-refractivity contribution in [2.45, 2.75) is 17.7 Å². The Morgan fingerprint density at radius 2 is 1.64 bits per heavy atom. The number of hydrogen-bond acceptors (Lipinski definition) is 4. The van der Waals surface area contributed by atoms with E-state index in [1.807, 2.05) is 36.4 Å². The van der Waals surface area contributed by atoms with Gasteiger partial charge in [0, 0.05) is 11.5 Å². The Balaban J connectivity index is 0.00000306. The van der Waals surface area contributed by atoms with E-state index in [0.29, 0.717) is 17.5 Å². The van der Waals surface area contributed by atoms with Gasteiger partial charge >= 0.3 is 6.18 Å². The van der Waals surface area contributed by atoms with E-state index in [4.69, 9.17) is 4.74 Å². The summed E-state index contributed by atoms with van der Waals surface area (Å²) < 4.78 is 71.9. The number of anilines is 1. The molecule has 0 radical (unpaired) electrons. The van der Waals surface area contributed by atoms with E-state index in [1.54, 1.807) is 12.1 Å². The first-order chi connectivity index (χ1) is 15.2. The number of para-hydroxylation sites is 1. The third kappa shape index (κ3) is 5.94. The molecule has 0 atom stereocenters. The lowest BCUT2D eigenvalue weighted by Gasteiger charge is -2.12. The Hall–Kier alpha value is -3.30. The van der Waals surface area contributed by atoms with Gasteiger partial charge in [0.1, 0.15) is 12.4 Å². The Kier molecular flexibility index (Phi) is 7.14. The smallest absolute Gasteiger partial charge is 0.416 e. The fourth-order valence-corrected chi connectivity index (χ4v) is 4.14. The van der Waals surface area contributed by atoms with Crippen LogP contribution >= 0.6 is 12.4 Å². The van der Waals surface area contributed by atoms with Crippen LogP contribution in [0.3, 0.4) is 0 Å². The minimum Gasteiger partial charge on any atom is -0.487 e. The highest BCUT2D eigenvalue weighted by atomic mass is 35.5. The lowest BCUT2D eigenvalue weighted by molar-refractivity contribution is -0.137. The highest BCUT2D eigenvalue weighted by Gasteiger charge is 2.31. The van der Waals surface area contributed by atoms with Crippen molar-refractivity contribution < 1.29 is 26.3 Å². The molecule has 0 fully saturated rings. The molecule has 0 aliphatic carbocycles. The molecule has 4 aromatic rings. The third-order valence-corrected chi connectivity index (χ3v) is 5.98. The van der Waals surface area contributed by atoms with Gasteiger partial charge in [-0.3, -0.25) is 4.72 Å². The minimum atomic E-state index is -4.64. The normalized spacial score (nSPS) is 11.6. The van der Waals surface area contributed by atoms with Gasteiger partial charge in [-0.2, -0.15) is 13.2 Å². The largest absolute Gasteiger partial charge is 0.487 e. The molecule has 0 aliphatic heterocycles. The van der Waals surface area contributed by atoms with Crippen LogP contribution in [0.15, 0.2) is 89.8 Å². The van der Waals surface area contributed by atoms with Crippen LogP contribution in [0, 0.1) is 0 Å². The number of nitrogens with zero attached hydrogens (tertiary/aromatic N) is 1. The molecule has 0 saturated carbocycles. The summed E-state index contributed by atoms with van der Waals surface area (Å²) in [7, 11) is -4.22. The third-order valence-electron chi connectivity index (χ3n) is 4.60. The molecule has 1 aromatic heterocycles. The van der Waals surface area contributed by atoms with E-state index >= 15 is 0 Å². The second-order valence-electron chi connectivity index (χ2n) is 6.94. The van der Waals surface area contributed by atoms with E-state index in [-0.39, 0.29) is 24.7 Å². The SMILES string of the molecule is Cl.O=S(=O)(Nc1cccc(OCc2ccc3ccccc3n2)c1)c1cccc(C(F)(F)F)c1. The van der Waals surface area contributed by atoms with Crippen molar-refractivity contribution in [3.8, 4) is 5.75 Å². The van der Waals surface area contributed by atoms with Gasteiger partial charge in [-0.1, -0.05) is 36.4 Å². The molecule has 0 amide bonds. The van der Waals surface area contributed by atoms with Gasteiger partial charge in [0.05, 0.1) is 27.4 Å². The molecule has 33 heavy (non-hydrogen) atoms. The number of aromatic nitrogens is 1. The number of rotatable bonds is 6. The van der Waals surface area contributed by atoms with Gasteiger partial charge in [0.25, 0.3) is 10.0 Å². The molecule has 0 saturated heterocycles. The van der Waals surface area contributed by atoms with Crippen molar-refractivity contribution in [2.24, 2.45) is 0 Å². The number of ether oxygens (including phenoxy) is 1. The summed E-state index contributed by atoms with van der Waals surface area (Å²) in [4.78, 5) is 4.02. The minimum absolute atomic E-state index is 0. The van der Waals surface area contributed by atoms with Crippen LogP contribution in [-0.2, 0) is 22.8 Å². The van der Waals surface area contributed by atoms with Crippen molar-refractivity contribution in [2.75, 3.05) is 4.72 Å². The highest BCUT2D eigenvalue weighted by molar-refractivity contribution is 7.92. The average molecular weight is 495 g/mol. The van der Waals surface area contributed by atoms with Crippen LogP contribution in [-0.4, -0.2) is 13.4 Å². The lowest BCUT2D eigenvalue weighted by Crippen LogP contribution is -2.14. The number of benzene rings is 3. The van der Waals surface area contributed by atoms with Gasteiger partial charge < -0.3 is 4.74 Å². The number of fused-ring (bicyclic) bond motifs is 1. The fourth-order valence-electron chi connectivity index (χ4n) is 3.05. The summed E-state index contributed by atoms with van der Waals surface area (Å²) in [5.74, 6) is 0.379. The van der Waals surface area contributed by atoms with Crippen LogP contribution in [0.1, 0.15) is 11.3 Å². The Bertz CT molecular complexity index is 1380. The predicted octanol–water partition coefficient (Wildman–Crippen LogP) is 6.06. The van der Waals surface area contributed by atoms with Crippen LogP contribution in [0.4, 0.5) is 18.9 Å². The number of sulfonamides is 1. The molecule has 10 heteroatoms. The summed E-state index contributed by atoms with van der Waals surface area (Å²) in [5, 5.41) is 1.00. The number of halogens is 4. The van der Waals surface area contributed by atoms with E-state index < -0.39 is 26.7 Å². The average Bonchev–Trinajstić information content (AvgIpc) is 2.77. The van der Waals surface area contributed by atoms with Crippen molar-refractivity contribution >= 4 is 39.0 Å². The molecule has 0 bridgehead atoms. The quantitative estimate of drug-likeness (QED) is 0.354. The second-order valence-corrected chi connectivity index (χ2v) is 8.63. The maximum Gasteiger partial charge on any atom is 0.416 e. The van der Waals surface area contributed by atoms with E-state index in [2.05, 4.69) is 9.71 Å². The maximum atomic E-state index is 12.9. The predicted molar refractivity (Wildman–Crippen MR) is 122 cm³/mol. The molecule has 5 nitrogen and oxygen atoms in total. The van der Waals surface area contributed by atoms with Crippen LogP contribution in [0.25, 0.3) is 10.9 Å². The molecule has 0 spiro atoms. The molecule has 4 rings (SSSR count). The monoisotopic (exact) mass is 494 g/mol. The summed E-state index contributed by atoms with van der Waals surface area (Å²) in [6.07, 6.45) is -4.64. The standard InChI is InChI=1S/C23H17F3N2O3S.ClH/c24-23(25,26)17-6-3-9-21(13-17)32(29,30)28-18-7-4-8-20(14-18)31-15-19-12-11-16-5-1-2-10-22(16)27-19;/h1-14,28H,15H2;1H. The van der Waals surface area contributed by atoms with Crippen LogP contribution < -0.4 is 9.46 Å². The van der Waals surface area contributed by atoms with Gasteiger partial charge in [-0.05, 0) is 42.5 Å². The van der Waals surface area contributed by atoms with Crippen molar-refractivity contribution in [3.05, 3.63) is 96.2 Å². The molecule has 172 valence electrons. The molecular weight excluding hydrogens is 477 g/mol. The number of alkyl halides is 3. The van der Waals surface area contributed by atoms with E-state index in [0.717, 1.165) is 29.1 Å². The van der Waals surface area contributed by atoms with Gasteiger partial charge in [-0.25, -0.2) is 13.4 Å². The fraction of sp³-hybridized carbons (Fsp3) is 0.0870. The zero-order chi connectivity index (χ0) is 22.8. The molecular formula is C23H18ClF3N2O3S. The van der Waals surface area contributed by atoms with E-state index in [1.165, 1.54) is 12.1 Å². The van der Waals surface area contributed by atoms with Crippen LogP contribution in [0.5, 0.6) is 5.75 Å². The Morgan fingerprint density at radius 3 is 2.42 bits per heavy atom. The lowest BCUT2D eigenvalue weighted by atomic mass is 10.2. The topological polar surface area (TPSA) is 68.3 Å². The first-order valence-corrected chi connectivity index (χ1v) is 11.0. The highest BCUT2D eigenvalue weighted by Crippen LogP contribution is 2.31. The number of pyridine rings is 1. The summed E-state index contributed by atoms with van der Waals surface area (Å²) >= 11 is 0.